The van der Waals surface area contributed by atoms with Crippen LogP contribution in [0.25, 0.3) is 0 Å². The zero-order chi connectivity index (χ0) is 16.6. The molecule has 3 rings (SSSR count). The number of nitrogens with one attached hydrogen (secondary N) is 2. The van der Waals surface area contributed by atoms with E-state index in [4.69, 9.17) is 0 Å². The summed E-state index contributed by atoms with van der Waals surface area (Å²) in [6, 6.07) is 9.62. The molecule has 0 atom stereocenters. The van der Waals surface area contributed by atoms with E-state index in [1.807, 2.05) is 7.05 Å². The summed E-state index contributed by atoms with van der Waals surface area (Å²) in [5.74, 6) is 0.933. The van der Waals surface area contributed by atoms with Gasteiger partial charge in [0.1, 0.15) is 0 Å². The molecule has 4 heteroatoms. The van der Waals surface area contributed by atoms with Crippen molar-refractivity contribution in [1.29, 1.82) is 0 Å². The van der Waals surface area contributed by atoms with Gasteiger partial charge in [-0.05, 0) is 49.9 Å². The third-order valence-corrected chi connectivity index (χ3v) is 5.26. The van der Waals surface area contributed by atoms with E-state index in [0.29, 0.717) is 6.04 Å². The summed E-state index contributed by atoms with van der Waals surface area (Å²) in [4.78, 5) is 6.92. The Morgan fingerprint density at radius 1 is 1.00 bits per heavy atom. The Morgan fingerprint density at radius 3 is 2.33 bits per heavy atom. The quantitative estimate of drug-likeness (QED) is 0.644. The van der Waals surface area contributed by atoms with Gasteiger partial charge in [0.25, 0.3) is 0 Å². The highest BCUT2D eigenvalue weighted by Gasteiger charge is 2.14. The van der Waals surface area contributed by atoms with Crippen LogP contribution in [-0.4, -0.2) is 37.0 Å². The van der Waals surface area contributed by atoms with E-state index in [9.17, 15) is 0 Å². The minimum absolute atomic E-state index is 0.591. The summed E-state index contributed by atoms with van der Waals surface area (Å²) < 4.78 is 0. The molecular weight excluding hydrogens is 296 g/mol. The fourth-order valence-electron chi connectivity index (χ4n) is 3.78. The Labute approximate surface area is 146 Å². The Morgan fingerprint density at radius 2 is 1.67 bits per heavy atom. The van der Waals surface area contributed by atoms with Crippen LogP contribution in [0.4, 0.5) is 0 Å². The first-order valence-corrected chi connectivity index (χ1v) is 9.61. The molecule has 4 nitrogen and oxygen atoms in total. The highest BCUT2D eigenvalue weighted by atomic mass is 15.2. The van der Waals surface area contributed by atoms with Crippen molar-refractivity contribution in [3.63, 3.8) is 0 Å². The van der Waals surface area contributed by atoms with Crippen LogP contribution in [0.2, 0.25) is 0 Å². The molecule has 0 bridgehead atoms. The van der Waals surface area contributed by atoms with Gasteiger partial charge in [-0.3, -0.25) is 9.89 Å². The van der Waals surface area contributed by atoms with Crippen molar-refractivity contribution >= 4 is 5.96 Å². The second kappa shape index (κ2) is 9.07. The third kappa shape index (κ3) is 5.23. The number of aliphatic imine (C=N–C) groups is 1. The van der Waals surface area contributed by atoms with E-state index >= 15 is 0 Å². The largest absolute Gasteiger partial charge is 0.354 e. The van der Waals surface area contributed by atoms with Crippen molar-refractivity contribution in [1.82, 2.24) is 15.5 Å². The van der Waals surface area contributed by atoms with Crippen molar-refractivity contribution < 1.29 is 0 Å². The van der Waals surface area contributed by atoms with E-state index in [1.165, 1.54) is 69.2 Å². The zero-order valence-electron chi connectivity index (χ0n) is 15.1. The molecule has 132 valence electrons. The van der Waals surface area contributed by atoms with E-state index in [-0.39, 0.29) is 0 Å². The number of hydrogen-bond acceptors (Lipinski definition) is 2. The average Bonchev–Trinajstić information content (AvgIpc) is 3.14. The third-order valence-electron chi connectivity index (χ3n) is 5.26. The van der Waals surface area contributed by atoms with Crippen LogP contribution in [0, 0.1) is 0 Å². The lowest BCUT2D eigenvalue weighted by atomic mass is 9.96. The summed E-state index contributed by atoms with van der Waals surface area (Å²) >= 11 is 0. The molecule has 0 amide bonds. The molecule has 1 aromatic carbocycles. The van der Waals surface area contributed by atoms with Crippen LogP contribution in [-0.2, 0) is 13.1 Å². The predicted octanol–water partition coefficient (Wildman–Crippen LogP) is 3.28. The molecule has 0 aromatic heterocycles. The lowest BCUT2D eigenvalue weighted by Crippen LogP contribution is -2.43. The number of guanidine groups is 1. The van der Waals surface area contributed by atoms with Crippen molar-refractivity contribution in [3.8, 4) is 0 Å². The van der Waals surface area contributed by atoms with Crippen molar-refractivity contribution in [3.05, 3.63) is 35.4 Å². The molecule has 2 aliphatic rings. The maximum atomic E-state index is 4.37. The summed E-state index contributed by atoms with van der Waals surface area (Å²) in [5.41, 5.74) is 2.73. The van der Waals surface area contributed by atoms with Crippen molar-refractivity contribution in [2.24, 2.45) is 4.99 Å². The monoisotopic (exact) mass is 328 g/mol. The normalized spacial score (nSPS) is 20.3. The van der Waals surface area contributed by atoms with Crippen LogP contribution in [0.15, 0.2) is 29.3 Å². The molecule has 1 saturated heterocycles. The maximum absolute atomic E-state index is 4.37. The van der Waals surface area contributed by atoms with Gasteiger partial charge in [-0.1, -0.05) is 43.5 Å². The van der Waals surface area contributed by atoms with E-state index in [0.717, 1.165) is 19.0 Å². The standard InChI is InChI=1S/C20H32N4/c1-21-20(23-19-7-3-2-4-8-19)22-15-17-9-11-18(12-10-17)16-24-13-5-6-14-24/h9-12,19H,2-8,13-16H2,1H3,(H2,21,22,23). The number of nitrogens with zero attached hydrogens (tertiary/aromatic N) is 2. The zero-order valence-corrected chi connectivity index (χ0v) is 15.1. The lowest BCUT2D eigenvalue weighted by molar-refractivity contribution is 0.331. The topological polar surface area (TPSA) is 39.7 Å². The maximum Gasteiger partial charge on any atom is 0.191 e. The summed E-state index contributed by atoms with van der Waals surface area (Å²) in [6.07, 6.45) is 9.32. The predicted molar refractivity (Wildman–Crippen MR) is 101 cm³/mol. The average molecular weight is 329 g/mol. The van der Waals surface area contributed by atoms with Gasteiger partial charge < -0.3 is 10.6 Å². The van der Waals surface area contributed by atoms with Gasteiger partial charge in [0.05, 0.1) is 0 Å². The van der Waals surface area contributed by atoms with Crippen LogP contribution in [0.3, 0.4) is 0 Å². The molecular formula is C20H32N4. The second-order valence-corrected chi connectivity index (χ2v) is 7.20. The number of benzene rings is 1. The van der Waals surface area contributed by atoms with Crippen molar-refractivity contribution in [2.75, 3.05) is 20.1 Å². The van der Waals surface area contributed by atoms with Crippen LogP contribution in [0.5, 0.6) is 0 Å². The van der Waals surface area contributed by atoms with Crippen LogP contribution < -0.4 is 10.6 Å². The van der Waals surface area contributed by atoms with Crippen LogP contribution in [0.1, 0.15) is 56.1 Å². The fraction of sp³-hybridized carbons (Fsp3) is 0.650. The first-order valence-electron chi connectivity index (χ1n) is 9.61. The second-order valence-electron chi connectivity index (χ2n) is 7.20. The number of likely N-dealkylation sites (tertiary alicyclic amines) is 1. The van der Waals surface area contributed by atoms with Gasteiger partial charge in [0.15, 0.2) is 5.96 Å². The Bertz CT molecular complexity index is 511. The van der Waals surface area contributed by atoms with E-state index < -0.39 is 0 Å². The van der Waals surface area contributed by atoms with E-state index in [1.54, 1.807) is 0 Å². The molecule has 2 N–H and O–H groups in total. The molecule has 24 heavy (non-hydrogen) atoms. The van der Waals surface area contributed by atoms with Gasteiger partial charge in [0.2, 0.25) is 0 Å². The summed E-state index contributed by atoms with van der Waals surface area (Å²) in [5, 5.41) is 7.02. The lowest BCUT2D eigenvalue weighted by Gasteiger charge is -2.25. The molecule has 1 aliphatic carbocycles. The number of rotatable bonds is 5. The van der Waals surface area contributed by atoms with Gasteiger partial charge >= 0.3 is 0 Å². The molecule has 2 fully saturated rings. The highest BCUT2D eigenvalue weighted by molar-refractivity contribution is 5.79. The minimum Gasteiger partial charge on any atom is -0.354 e. The first-order chi connectivity index (χ1) is 11.8. The van der Waals surface area contributed by atoms with Gasteiger partial charge in [-0.15, -0.1) is 0 Å². The molecule has 1 aromatic rings. The molecule has 0 unspecified atom stereocenters. The van der Waals surface area contributed by atoms with E-state index in [2.05, 4.69) is 44.8 Å². The SMILES string of the molecule is CN=C(NCc1ccc(CN2CCCC2)cc1)NC1CCCCC1. The van der Waals surface area contributed by atoms with Gasteiger partial charge in [-0.2, -0.15) is 0 Å². The molecule has 1 saturated carbocycles. The molecule has 1 heterocycles. The fourth-order valence-corrected chi connectivity index (χ4v) is 3.78. The minimum atomic E-state index is 0.591. The van der Waals surface area contributed by atoms with Gasteiger partial charge in [-0.25, -0.2) is 0 Å². The van der Waals surface area contributed by atoms with Crippen LogP contribution >= 0.6 is 0 Å². The Balaban J connectivity index is 1.44. The van der Waals surface area contributed by atoms with Gasteiger partial charge in [0, 0.05) is 26.2 Å². The smallest absolute Gasteiger partial charge is 0.191 e. The highest BCUT2D eigenvalue weighted by Crippen LogP contribution is 2.17. The molecule has 1 aliphatic heterocycles. The summed E-state index contributed by atoms with van der Waals surface area (Å²) in [6.45, 7) is 4.44. The number of hydrogen-bond donors (Lipinski definition) is 2. The van der Waals surface area contributed by atoms with Crippen molar-refractivity contribution in [2.45, 2.75) is 64.1 Å². The molecule has 0 spiro atoms. The summed E-state index contributed by atoms with van der Waals surface area (Å²) in [7, 11) is 1.86. The Kier molecular flexibility index (Phi) is 6.53. The first kappa shape index (κ1) is 17.3. The molecule has 0 radical (unpaired) electrons. The Hall–Kier alpha value is -1.55.